The number of carboxylic acids is 1. The third-order valence-electron chi connectivity index (χ3n) is 4.32. The molecule has 0 radical (unpaired) electrons. The maximum absolute atomic E-state index is 12.6. The van der Waals surface area contributed by atoms with E-state index in [9.17, 15) is 14.4 Å². The summed E-state index contributed by atoms with van der Waals surface area (Å²) in [6.45, 7) is 6.51. The summed E-state index contributed by atoms with van der Waals surface area (Å²) in [5.41, 5.74) is 1.02. The van der Waals surface area contributed by atoms with Gasteiger partial charge in [-0.05, 0) is 50.5 Å². The summed E-state index contributed by atoms with van der Waals surface area (Å²) in [5.74, 6) is -1.55. The second kappa shape index (κ2) is 7.47. The zero-order chi connectivity index (χ0) is 17.9. The quantitative estimate of drug-likeness (QED) is 0.883. The molecule has 24 heavy (non-hydrogen) atoms. The molecule has 2 unspecified atom stereocenters. The lowest BCUT2D eigenvalue weighted by atomic mass is 9.87. The van der Waals surface area contributed by atoms with Crippen molar-refractivity contribution in [3.8, 4) is 0 Å². The second-order valence-electron chi connectivity index (χ2n) is 6.67. The fourth-order valence-corrected chi connectivity index (χ4v) is 2.99. The number of rotatable bonds is 4. The number of carboxylic acid groups (broad SMARTS) is 1. The Labute approximate surface area is 141 Å². The minimum atomic E-state index is -0.796. The molecule has 1 aliphatic heterocycles. The Hall–Kier alpha value is -2.37. The average Bonchev–Trinajstić information content (AvgIpc) is 2.53. The van der Waals surface area contributed by atoms with Crippen molar-refractivity contribution >= 4 is 17.8 Å². The molecule has 1 aromatic rings. The van der Waals surface area contributed by atoms with Gasteiger partial charge in [-0.3, -0.25) is 14.4 Å². The molecular formula is C18H24N2O4. The molecular weight excluding hydrogens is 308 g/mol. The molecule has 0 bridgehead atoms. The summed E-state index contributed by atoms with van der Waals surface area (Å²) in [5, 5.41) is 12.0. The molecule has 6 nitrogen and oxygen atoms in total. The van der Waals surface area contributed by atoms with E-state index in [0.717, 1.165) is 0 Å². The number of hydrogen-bond donors (Lipinski definition) is 2. The monoisotopic (exact) mass is 332 g/mol. The molecule has 0 aromatic heterocycles. The fraction of sp³-hybridized carbons (Fsp3) is 0.500. The van der Waals surface area contributed by atoms with Gasteiger partial charge in [-0.15, -0.1) is 0 Å². The molecule has 2 N–H and O–H groups in total. The highest BCUT2D eigenvalue weighted by atomic mass is 16.4. The van der Waals surface area contributed by atoms with Gasteiger partial charge in [-0.2, -0.15) is 0 Å². The number of amides is 2. The van der Waals surface area contributed by atoms with Gasteiger partial charge in [0.1, 0.15) is 0 Å². The molecule has 0 spiro atoms. The SMILES string of the molecule is CC(C)NC(=O)c1ccc(C(=O)N2CCC(C(=O)O)C(C)C2)cc1. The molecule has 1 aromatic carbocycles. The van der Waals surface area contributed by atoms with E-state index >= 15 is 0 Å². The van der Waals surface area contributed by atoms with Crippen LogP contribution in [0.25, 0.3) is 0 Å². The summed E-state index contributed by atoms with van der Waals surface area (Å²) in [6, 6.07) is 6.61. The lowest BCUT2D eigenvalue weighted by molar-refractivity contribution is -0.145. The van der Waals surface area contributed by atoms with E-state index in [1.54, 1.807) is 29.2 Å². The normalized spacial score (nSPS) is 20.8. The van der Waals surface area contributed by atoms with Crippen LogP contribution in [0.5, 0.6) is 0 Å². The number of benzene rings is 1. The Kier molecular flexibility index (Phi) is 5.59. The van der Waals surface area contributed by atoms with Crippen molar-refractivity contribution < 1.29 is 19.5 Å². The molecule has 2 rings (SSSR count). The van der Waals surface area contributed by atoms with Gasteiger partial charge in [-0.25, -0.2) is 0 Å². The van der Waals surface area contributed by atoms with Crippen LogP contribution < -0.4 is 5.32 Å². The van der Waals surface area contributed by atoms with Crippen molar-refractivity contribution in [2.24, 2.45) is 11.8 Å². The standard InChI is InChI=1S/C18H24N2O4/c1-11(2)19-16(21)13-4-6-14(7-5-13)17(22)20-9-8-15(18(23)24)12(3)10-20/h4-7,11-12,15H,8-10H2,1-3H3,(H,19,21)(H,23,24). The molecule has 1 fully saturated rings. The van der Waals surface area contributed by atoms with E-state index in [0.29, 0.717) is 30.6 Å². The van der Waals surface area contributed by atoms with Gasteiger partial charge in [0, 0.05) is 30.3 Å². The molecule has 1 heterocycles. The minimum Gasteiger partial charge on any atom is -0.481 e. The number of nitrogens with zero attached hydrogens (tertiary/aromatic N) is 1. The van der Waals surface area contributed by atoms with E-state index < -0.39 is 11.9 Å². The van der Waals surface area contributed by atoms with Crippen LogP contribution in [0.4, 0.5) is 0 Å². The van der Waals surface area contributed by atoms with E-state index in [2.05, 4.69) is 5.32 Å². The lowest BCUT2D eigenvalue weighted by Gasteiger charge is -2.35. The van der Waals surface area contributed by atoms with E-state index in [-0.39, 0.29) is 23.8 Å². The van der Waals surface area contributed by atoms with Gasteiger partial charge in [0.15, 0.2) is 0 Å². The molecule has 1 aliphatic rings. The van der Waals surface area contributed by atoms with E-state index in [1.165, 1.54) is 0 Å². The van der Waals surface area contributed by atoms with Crippen LogP contribution in [0.15, 0.2) is 24.3 Å². The van der Waals surface area contributed by atoms with Gasteiger partial charge in [0.2, 0.25) is 0 Å². The van der Waals surface area contributed by atoms with Gasteiger partial charge in [0.25, 0.3) is 11.8 Å². The zero-order valence-electron chi connectivity index (χ0n) is 14.3. The number of carbonyl (C=O) groups is 3. The highest BCUT2D eigenvalue weighted by molar-refractivity contribution is 5.98. The average molecular weight is 332 g/mol. The molecule has 6 heteroatoms. The van der Waals surface area contributed by atoms with Gasteiger partial charge >= 0.3 is 5.97 Å². The molecule has 2 atom stereocenters. The third-order valence-corrected chi connectivity index (χ3v) is 4.32. The van der Waals surface area contributed by atoms with Crippen LogP contribution in [0.2, 0.25) is 0 Å². The summed E-state index contributed by atoms with van der Waals surface area (Å²) in [4.78, 5) is 37.3. The predicted octanol–water partition coefficient (Wildman–Crippen LogP) is 2.01. The van der Waals surface area contributed by atoms with Gasteiger partial charge in [0.05, 0.1) is 5.92 Å². The largest absolute Gasteiger partial charge is 0.481 e. The first kappa shape index (κ1) is 18.0. The third kappa shape index (κ3) is 4.13. The Morgan fingerprint density at radius 2 is 1.75 bits per heavy atom. The van der Waals surface area contributed by atoms with E-state index in [4.69, 9.17) is 5.11 Å². The number of likely N-dealkylation sites (tertiary alicyclic amines) is 1. The van der Waals surface area contributed by atoms with Crippen LogP contribution >= 0.6 is 0 Å². The summed E-state index contributed by atoms with van der Waals surface area (Å²) < 4.78 is 0. The van der Waals surface area contributed by atoms with Crippen LogP contribution in [0.3, 0.4) is 0 Å². The predicted molar refractivity (Wildman–Crippen MR) is 89.9 cm³/mol. The van der Waals surface area contributed by atoms with Crippen LogP contribution in [-0.4, -0.2) is 46.9 Å². The second-order valence-corrected chi connectivity index (χ2v) is 6.67. The van der Waals surface area contributed by atoms with Gasteiger partial charge in [-0.1, -0.05) is 6.92 Å². The maximum Gasteiger partial charge on any atom is 0.306 e. The smallest absolute Gasteiger partial charge is 0.306 e. The highest BCUT2D eigenvalue weighted by Gasteiger charge is 2.33. The Morgan fingerprint density at radius 3 is 2.25 bits per heavy atom. The maximum atomic E-state index is 12.6. The zero-order valence-corrected chi connectivity index (χ0v) is 14.3. The van der Waals surface area contributed by atoms with Crippen LogP contribution in [0, 0.1) is 11.8 Å². The molecule has 2 amide bonds. The first-order valence-electron chi connectivity index (χ1n) is 8.22. The Morgan fingerprint density at radius 1 is 1.17 bits per heavy atom. The first-order valence-corrected chi connectivity index (χ1v) is 8.22. The lowest BCUT2D eigenvalue weighted by Crippen LogP contribution is -2.45. The summed E-state index contributed by atoms with van der Waals surface area (Å²) >= 11 is 0. The molecule has 130 valence electrons. The van der Waals surface area contributed by atoms with E-state index in [1.807, 2.05) is 20.8 Å². The number of nitrogens with one attached hydrogen (secondary N) is 1. The number of aliphatic carboxylic acids is 1. The number of hydrogen-bond acceptors (Lipinski definition) is 3. The highest BCUT2D eigenvalue weighted by Crippen LogP contribution is 2.24. The number of piperidine rings is 1. The van der Waals surface area contributed by atoms with Gasteiger partial charge < -0.3 is 15.3 Å². The van der Waals surface area contributed by atoms with Crippen molar-refractivity contribution in [2.75, 3.05) is 13.1 Å². The first-order chi connectivity index (χ1) is 11.3. The molecule has 0 saturated carbocycles. The van der Waals surface area contributed by atoms with Crippen molar-refractivity contribution in [2.45, 2.75) is 33.2 Å². The molecule has 1 saturated heterocycles. The number of carbonyl (C=O) groups excluding carboxylic acids is 2. The summed E-state index contributed by atoms with van der Waals surface area (Å²) in [6.07, 6.45) is 0.469. The van der Waals surface area contributed by atoms with Crippen molar-refractivity contribution in [3.63, 3.8) is 0 Å². The minimum absolute atomic E-state index is 0.0517. The topological polar surface area (TPSA) is 86.7 Å². The van der Waals surface area contributed by atoms with Crippen molar-refractivity contribution in [1.82, 2.24) is 10.2 Å². The Balaban J connectivity index is 2.03. The molecule has 0 aliphatic carbocycles. The van der Waals surface area contributed by atoms with Crippen molar-refractivity contribution in [1.29, 1.82) is 0 Å². The fourth-order valence-electron chi connectivity index (χ4n) is 2.99. The van der Waals surface area contributed by atoms with Crippen LogP contribution in [-0.2, 0) is 4.79 Å². The summed E-state index contributed by atoms with van der Waals surface area (Å²) in [7, 11) is 0. The Bertz CT molecular complexity index is 624. The van der Waals surface area contributed by atoms with Crippen LogP contribution in [0.1, 0.15) is 47.9 Å². The van der Waals surface area contributed by atoms with Crippen molar-refractivity contribution in [3.05, 3.63) is 35.4 Å².